The fraction of sp³-hybridized carbons (Fsp3) is 0.800. The Morgan fingerprint density at radius 2 is 2.31 bits per heavy atom. The Labute approximate surface area is 80.0 Å². The average Bonchev–Trinajstić information content (AvgIpc) is 2.41. The van der Waals surface area contributed by atoms with Gasteiger partial charge in [-0.15, -0.1) is 6.42 Å². The molecule has 0 aliphatic carbocycles. The second kappa shape index (κ2) is 5.23. The van der Waals surface area contributed by atoms with Crippen LogP contribution in [0, 0.1) is 12.3 Å². The molecule has 3 nitrogen and oxygen atoms in total. The lowest BCUT2D eigenvalue weighted by atomic mass is 9.90. The summed E-state index contributed by atoms with van der Waals surface area (Å²) in [7, 11) is 0. The summed E-state index contributed by atoms with van der Waals surface area (Å²) in [5, 5.41) is 3.33. The van der Waals surface area contributed by atoms with Gasteiger partial charge in [-0.1, -0.05) is 5.92 Å². The molecule has 1 unspecified atom stereocenters. The molecule has 0 amide bonds. The van der Waals surface area contributed by atoms with Crippen molar-refractivity contribution < 1.29 is 4.74 Å². The van der Waals surface area contributed by atoms with Crippen LogP contribution in [0.1, 0.15) is 19.3 Å². The highest BCUT2D eigenvalue weighted by atomic mass is 16.5. The van der Waals surface area contributed by atoms with Crippen molar-refractivity contribution in [2.24, 2.45) is 5.73 Å². The van der Waals surface area contributed by atoms with Crippen molar-refractivity contribution in [3.8, 4) is 12.3 Å². The molecule has 0 saturated carbocycles. The first-order valence-electron chi connectivity index (χ1n) is 4.79. The number of rotatable bonds is 3. The summed E-state index contributed by atoms with van der Waals surface area (Å²) < 4.78 is 5.38. The van der Waals surface area contributed by atoms with Crippen LogP contribution in [0.25, 0.3) is 0 Å². The summed E-state index contributed by atoms with van der Waals surface area (Å²) in [5.41, 5.74) is 5.78. The fourth-order valence-corrected chi connectivity index (χ4v) is 1.70. The van der Waals surface area contributed by atoms with E-state index in [1.54, 1.807) is 0 Å². The maximum atomic E-state index is 5.76. The molecule has 1 atom stereocenters. The molecule has 3 heteroatoms. The van der Waals surface area contributed by atoms with Crippen LogP contribution in [-0.2, 0) is 4.74 Å². The number of ether oxygens (including phenoxy) is 1. The van der Waals surface area contributed by atoms with Gasteiger partial charge in [0.1, 0.15) is 0 Å². The molecule has 0 aromatic heterocycles. The van der Waals surface area contributed by atoms with Crippen LogP contribution in [0.4, 0.5) is 0 Å². The molecule has 1 aliphatic rings. The molecular weight excluding hydrogens is 164 g/mol. The molecule has 3 N–H and O–H groups in total. The Kier molecular flexibility index (Phi) is 4.23. The molecule has 0 radical (unpaired) electrons. The van der Waals surface area contributed by atoms with Gasteiger partial charge < -0.3 is 10.5 Å². The van der Waals surface area contributed by atoms with Crippen LogP contribution in [0.5, 0.6) is 0 Å². The molecule has 0 aromatic rings. The number of hydrogen-bond donors (Lipinski definition) is 2. The monoisotopic (exact) mass is 182 g/mol. The highest BCUT2D eigenvalue weighted by molar-refractivity contribution is 4.96. The van der Waals surface area contributed by atoms with Crippen molar-refractivity contribution in [3.63, 3.8) is 0 Å². The van der Waals surface area contributed by atoms with Crippen molar-refractivity contribution in [3.05, 3.63) is 0 Å². The lowest BCUT2D eigenvalue weighted by molar-refractivity contribution is 0.137. The molecule has 1 heterocycles. The topological polar surface area (TPSA) is 47.3 Å². The maximum absolute atomic E-state index is 5.76. The second-order valence-corrected chi connectivity index (χ2v) is 3.51. The van der Waals surface area contributed by atoms with Gasteiger partial charge in [-0.05, 0) is 19.3 Å². The molecule has 1 saturated heterocycles. The SMILES string of the molecule is C#CCNC1(CN)CCCOCC1. The van der Waals surface area contributed by atoms with E-state index in [-0.39, 0.29) is 5.54 Å². The van der Waals surface area contributed by atoms with E-state index in [1.807, 2.05) is 0 Å². The Balaban J connectivity index is 2.49. The Morgan fingerprint density at radius 3 is 3.00 bits per heavy atom. The highest BCUT2D eigenvalue weighted by Crippen LogP contribution is 2.19. The Bertz CT molecular complexity index is 178. The normalized spacial score (nSPS) is 29.2. The minimum Gasteiger partial charge on any atom is -0.381 e. The molecule has 0 spiro atoms. The van der Waals surface area contributed by atoms with E-state index in [9.17, 15) is 0 Å². The third-order valence-corrected chi connectivity index (χ3v) is 2.63. The lowest BCUT2D eigenvalue weighted by Gasteiger charge is -2.31. The maximum Gasteiger partial charge on any atom is 0.0578 e. The molecule has 13 heavy (non-hydrogen) atoms. The van der Waals surface area contributed by atoms with Crippen molar-refractivity contribution in [1.29, 1.82) is 0 Å². The van der Waals surface area contributed by atoms with E-state index in [0.717, 1.165) is 32.5 Å². The van der Waals surface area contributed by atoms with E-state index >= 15 is 0 Å². The molecule has 1 rings (SSSR count). The van der Waals surface area contributed by atoms with Gasteiger partial charge >= 0.3 is 0 Å². The summed E-state index contributed by atoms with van der Waals surface area (Å²) in [4.78, 5) is 0. The summed E-state index contributed by atoms with van der Waals surface area (Å²) in [6.07, 6.45) is 8.30. The van der Waals surface area contributed by atoms with Crippen LogP contribution >= 0.6 is 0 Å². The van der Waals surface area contributed by atoms with E-state index in [1.165, 1.54) is 0 Å². The predicted molar refractivity (Wildman–Crippen MR) is 53.3 cm³/mol. The first-order valence-corrected chi connectivity index (χ1v) is 4.79. The highest BCUT2D eigenvalue weighted by Gasteiger charge is 2.28. The van der Waals surface area contributed by atoms with Crippen molar-refractivity contribution >= 4 is 0 Å². The molecule has 74 valence electrons. The summed E-state index contributed by atoms with van der Waals surface area (Å²) in [6, 6.07) is 0. The quantitative estimate of drug-likeness (QED) is 0.609. The minimum atomic E-state index is 0.0167. The van der Waals surface area contributed by atoms with Crippen LogP contribution < -0.4 is 11.1 Å². The standard InChI is InChI=1S/C10H18N2O/c1-2-6-12-10(9-11)4-3-7-13-8-5-10/h1,12H,3-9,11H2. The average molecular weight is 182 g/mol. The predicted octanol–water partition coefficient (Wildman–Crippen LogP) is 0.107. The number of nitrogens with one attached hydrogen (secondary N) is 1. The number of hydrogen-bond acceptors (Lipinski definition) is 3. The molecule has 0 aromatic carbocycles. The Hall–Kier alpha value is -0.560. The van der Waals surface area contributed by atoms with E-state index < -0.39 is 0 Å². The fourth-order valence-electron chi connectivity index (χ4n) is 1.70. The van der Waals surface area contributed by atoms with E-state index in [4.69, 9.17) is 16.9 Å². The van der Waals surface area contributed by atoms with Crippen LogP contribution in [-0.4, -0.2) is 31.8 Å². The largest absolute Gasteiger partial charge is 0.381 e. The Morgan fingerprint density at radius 1 is 1.46 bits per heavy atom. The zero-order valence-corrected chi connectivity index (χ0v) is 8.01. The number of nitrogens with two attached hydrogens (primary N) is 1. The molecule has 1 aliphatic heterocycles. The van der Waals surface area contributed by atoms with E-state index in [2.05, 4.69) is 11.2 Å². The van der Waals surface area contributed by atoms with Crippen LogP contribution in [0.2, 0.25) is 0 Å². The van der Waals surface area contributed by atoms with Gasteiger partial charge in [0, 0.05) is 25.3 Å². The van der Waals surface area contributed by atoms with Crippen molar-refractivity contribution in [1.82, 2.24) is 5.32 Å². The smallest absolute Gasteiger partial charge is 0.0578 e. The summed E-state index contributed by atoms with van der Waals surface area (Å²) in [6.45, 7) is 2.86. The minimum absolute atomic E-state index is 0.0167. The lowest BCUT2D eigenvalue weighted by Crippen LogP contribution is -2.51. The molecule has 0 bridgehead atoms. The zero-order valence-electron chi connectivity index (χ0n) is 8.01. The first-order chi connectivity index (χ1) is 6.33. The summed E-state index contributed by atoms with van der Waals surface area (Å²) >= 11 is 0. The van der Waals surface area contributed by atoms with Gasteiger partial charge in [0.05, 0.1) is 6.54 Å². The van der Waals surface area contributed by atoms with Crippen LogP contribution in [0.15, 0.2) is 0 Å². The van der Waals surface area contributed by atoms with Gasteiger partial charge in [-0.25, -0.2) is 0 Å². The third kappa shape index (κ3) is 3.00. The second-order valence-electron chi connectivity index (χ2n) is 3.51. The van der Waals surface area contributed by atoms with Gasteiger partial charge in [-0.3, -0.25) is 5.32 Å². The third-order valence-electron chi connectivity index (χ3n) is 2.63. The van der Waals surface area contributed by atoms with Gasteiger partial charge in [0.25, 0.3) is 0 Å². The van der Waals surface area contributed by atoms with Gasteiger partial charge in [0.2, 0.25) is 0 Å². The van der Waals surface area contributed by atoms with Gasteiger partial charge in [0.15, 0.2) is 0 Å². The molecule has 1 fully saturated rings. The van der Waals surface area contributed by atoms with E-state index in [0.29, 0.717) is 13.1 Å². The number of terminal acetylenes is 1. The van der Waals surface area contributed by atoms with Crippen molar-refractivity contribution in [2.75, 3.05) is 26.3 Å². The molecular formula is C10H18N2O. The zero-order chi connectivity index (χ0) is 9.57. The first kappa shape index (κ1) is 10.5. The van der Waals surface area contributed by atoms with Crippen LogP contribution in [0.3, 0.4) is 0 Å². The van der Waals surface area contributed by atoms with Crippen molar-refractivity contribution in [2.45, 2.75) is 24.8 Å². The summed E-state index contributed by atoms with van der Waals surface area (Å²) in [5.74, 6) is 2.59. The van der Waals surface area contributed by atoms with Gasteiger partial charge in [-0.2, -0.15) is 0 Å².